The molecular weight excluding hydrogens is 272 g/mol. The molecule has 6 heteroatoms. The number of halogens is 1. The molecule has 4 nitrogen and oxygen atoms in total. The van der Waals surface area contributed by atoms with Crippen LogP contribution < -0.4 is 5.73 Å². The van der Waals surface area contributed by atoms with Crippen molar-refractivity contribution in [3.8, 4) is 0 Å². The SMILES string of the molecule is CCCCCN(C)S(=O)(=O)c1ccc(N)cc1Cl. The van der Waals surface area contributed by atoms with Crippen molar-refractivity contribution >= 4 is 27.3 Å². The molecule has 1 aromatic rings. The number of benzene rings is 1. The van der Waals surface area contributed by atoms with E-state index in [1.807, 2.05) is 0 Å². The maximum atomic E-state index is 12.3. The van der Waals surface area contributed by atoms with Gasteiger partial charge in [-0.25, -0.2) is 12.7 Å². The van der Waals surface area contributed by atoms with E-state index in [1.165, 1.54) is 16.4 Å². The normalized spacial score (nSPS) is 12.0. The lowest BCUT2D eigenvalue weighted by atomic mass is 10.2. The highest BCUT2D eigenvalue weighted by molar-refractivity contribution is 7.89. The predicted octanol–water partition coefficient (Wildman–Crippen LogP) is 2.73. The number of sulfonamides is 1. The van der Waals surface area contributed by atoms with Gasteiger partial charge in [0.1, 0.15) is 4.90 Å². The number of nitrogen functional groups attached to an aromatic ring is 1. The number of hydrogen-bond acceptors (Lipinski definition) is 3. The van der Waals surface area contributed by atoms with Crippen LogP contribution in [0, 0.1) is 0 Å². The van der Waals surface area contributed by atoms with E-state index in [1.54, 1.807) is 13.1 Å². The van der Waals surface area contributed by atoms with Crippen LogP contribution in [-0.2, 0) is 10.0 Å². The average molecular weight is 291 g/mol. The predicted molar refractivity (Wildman–Crippen MR) is 75.2 cm³/mol. The molecule has 0 unspecified atom stereocenters. The molecule has 0 heterocycles. The number of hydrogen-bond donors (Lipinski definition) is 1. The van der Waals surface area contributed by atoms with Crippen molar-refractivity contribution in [1.29, 1.82) is 0 Å². The van der Waals surface area contributed by atoms with Crippen molar-refractivity contribution in [2.75, 3.05) is 19.3 Å². The van der Waals surface area contributed by atoms with Gasteiger partial charge in [0.25, 0.3) is 0 Å². The van der Waals surface area contributed by atoms with Gasteiger partial charge in [0.05, 0.1) is 5.02 Å². The van der Waals surface area contributed by atoms with Gasteiger partial charge in [-0.15, -0.1) is 0 Å². The van der Waals surface area contributed by atoms with E-state index in [0.29, 0.717) is 12.2 Å². The van der Waals surface area contributed by atoms with E-state index >= 15 is 0 Å². The second-order valence-corrected chi connectivity index (χ2v) is 6.64. The molecule has 0 amide bonds. The Hall–Kier alpha value is -0.780. The van der Waals surface area contributed by atoms with Gasteiger partial charge in [-0.1, -0.05) is 31.4 Å². The minimum absolute atomic E-state index is 0.109. The summed E-state index contributed by atoms with van der Waals surface area (Å²) in [6.07, 6.45) is 2.91. The molecule has 1 aromatic carbocycles. The van der Waals surface area contributed by atoms with E-state index in [0.717, 1.165) is 19.3 Å². The van der Waals surface area contributed by atoms with Crippen LogP contribution in [0.1, 0.15) is 26.2 Å². The summed E-state index contributed by atoms with van der Waals surface area (Å²) in [5.41, 5.74) is 6.00. The van der Waals surface area contributed by atoms with Crippen LogP contribution in [-0.4, -0.2) is 26.3 Å². The monoisotopic (exact) mass is 290 g/mol. The molecule has 0 bridgehead atoms. The third kappa shape index (κ3) is 3.60. The first kappa shape index (κ1) is 15.3. The molecule has 0 atom stereocenters. The molecule has 0 aliphatic carbocycles. The summed E-state index contributed by atoms with van der Waals surface area (Å²) in [4.78, 5) is 0.109. The molecule has 2 N–H and O–H groups in total. The van der Waals surface area contributed by atoms with E-state index in [4.69, 9.17) is 17.3 Å². The number of nitrogens with zero attached hydrogens (tertiary/aromatic N) is 1. The first-order valence-corrected chi connectivity index (χ1v) is 7.72. The lowest BCUT2D eigenvalue weighted by Gasteiger charge is -2.17. The van der Waals surface area contributed by atoms with E-state index in [9.17, 15) is 8.42 Å². The summed E-state index contributed by atoms with van der Waals surface area (Å²) in [5.74, 6) is 0. The number of unbranched alkanes of at least 4 members (excludes halogenated alkanes) is 2. The van der Waals surface area contributed by atoms with Crippen molar-refractivity contribution in [3.05, 3.63) is 23.2 Å². The fraction of sp³-hybridized carbons (Fsp3) is 0.500. The van der Waals surface area contributed by atoms with Gasteiger partial charge < -0.3 is 5.73 Å². The lowest BCUT2D eigenvalue weighted by molar-refractivity contribution is 0.454. The topological polar surface area (TPSA) is 63.4 Å². The Morgan fingerprint density at radius 1 is 1.33 bits per heavy atom. The summed E-state index contributed by atoms with van der Waals surface area (Å²) >= 11 is 5.93. The van der Waals surface area contributed by atoms with Crippen LogP contribution in [0.3, 0.4) is 0 Å². The van der Waals surface area contributed by atoms with E-state index in [-0.39, 0.29) is 9.92 Å². The standard InChI is InChI=1S/C12H19ClN2O2S/c1-3-4-5-8-15(2)18(16,17)12-7-6-10(14)9-11(12)13/h6-7,9H,3-5,8,14H2,1-2H3. The Bertz CT molecular complexity index is 503. The zero-order valence-corrected chi connectivity index (χ0v) is 12.3. The summed E-state index contributed by atoms with van der Waals surface area (Å²) in [5, 5.41) is 0.164. The summed E-state index contributed by atoms with van der Waals surface area (Å²) in [7, 11) is -1.95. The molecule has 0 aliphatic rings. The highest BCUT2D eigenvalue weighted by Crippen LogP contribution is 2.26. The molecule has 1 rings (SSSR count). The van der Waals surface area contributed by atoms with Gasteiger partial charge in [0.2, 0.25) is 10.0 Å². The third-order valence-electron chi connectivity index (χ3n) is 2.72. The van der Waals surface area contributed by atoms with Crippen LogP contribution in [0.5, 0.6) is 0 Å². The van der Waals surface area contributed by atoms with Crippen LogP contribution in [0.15, 0.2) is 23.1 Å². The maximum absolute atomic E-state index is 12.3. The van der Waals surface area contributed by atoms with Crippen LogP contribution in [0.4, 0.5) is 5.69 Å². The van der Waals surface area contributed by atoms with Crippen molar-refractivity contribution < 1.29 is 8.42 Å². The van der Waals surface area contributed by atoms with Crippen LogP contribution in [0.25, 0.3) is 0 Å². The summed E-state index contributed by atoms with van der Waals surface area (Å²) < 4.78 is 25.9. The van der Waals surface area contributed by atoms with Gasteiger partial charge >= 0.3 is 0 Å². The molecule has 18 heavy (non-hydrogen) atoms. The number of anilines is 1. The Morgan fingerprint density at radius 2 is 2.00 bits per heavy atom. The molecule has 0 saturated carbocycles. The molecule has 0 aliphatic heterocycles. The highest BCUT2D eigenvalue weighted by atomic mass is 35.5. The minimum atomic E-state index is -3.52. The number of rotatable bonds is 6. The summed E-state index contributed by atoms with van der Waals surface area (Å²) in [6, 6.07) is 4.44. The van der Waals surface area contributed by atoms with Gasteiger partial charge in [0.15, 0.2) is 0 Å². The fourth-order valence-corrected chi connectivity index (χ4v) is 3.33. The molecule has 0 aromatic heterocycles. The molecule has 0 saturated heterocycles. The minimum Gasteiger partial charge on any atom is -0.399 e. The Morgan fingerprint density at radius 3 is 2.56 bits per heavy atom. The Labute approximate surface area is 114 Å². The van der Waals surface area contributed by atoms with Crippen LogP contribution >= 0.6 is 11.6 Å². The Kier molecular flexibility index (Phi) is 5.44. The fourth-order valence-electron chi connectivity index (χ4n) is 1.60. The second kappa shape index (κ2) is 6.41. The van der Waals surface area contributed by atoms with Gasteiger partial charge in [-0.3, -0.25) is 0 Å². The zero-order valence-electron chi connectivity index (χ0n) is 10.7. The highest BCUT2D eigenvalue weighted by Gasteiger charge is 2.22. The quantitative estimate of drug-likeness (QED) is 0.647. The van der Waals surface area contributed by atoms with Gasteiger partial charge in [-0.05, 0) is 24.6 Å². The first-order valence-electron chi connectivity index (χ1n) is 5.91. The van der Waals surface area contributed by atoms with E-state index < -0.39 is 10.0 Å². The molecule has 0 fully saturated rings. The van der Waals surface area contributed by atoms with Crippen LogP contribution in [0.2, 0.25) is 5.02 Å². The van der Waals surface area contributed by atoms with Crippen molar-refractivity contribution in [1.82, 2.24) is 4.31 Å². The molecule has 0 radical (unpaired) electrons. The van der Waals surface area contributed by atoms with Crippen molar-refractivity contribution in [3.63, 3.8) is 0 Å². The molecule has 102 valence electrons. The third-order valence-corrected chi connectivity index (χ3v) is 5.06. The van der Waals surface area contributed by atoms with E-state index in [2.05, 4.69) is 6.92 Å². The number of nitrogens with two attached hydrogens (primary N) is 1. The second-order valence-electron chi connectivity index (χ2n) is 4.22. The average Bonchev–Trinajstić information content (AvgIpc) is 2.28. The lowest BCUT2D eigenvalue weighted by Crippen LogP contribution is -2.28. The zero-order chi connectivity index (χ0) is 13.8. The van der Waals surface area contributed by atoms with Crippen molar-refractivity contribution in [2.24, 2.45) is 0 Å². The van der Waals surface area contributed by atoms with Crippen molar-refractivity contribution in [2.45, 2.75) is 31.1 Å². The smallest absolute Gasteiger partial charge is 0.244 e. The van der Waals surface area contributed by atoms with Gasteiger partial charge in [0, 0.05) is 19.3 Å². The Balaban J connectivity index is 2.91. The molecule has 0 spiro atoms. The maximum Gasteiger partial charge on any atom is 0.244 e. The molecular formula is C12H19ClN2O2S. The largest absolute Gasteiger partial charge is 0.399 e. The van der Waals surface area contributed by atoms with Gasteiger partial charge in [-0.2, -0.15) is 0 Å². The first-order chi connectivity index (χ1) is 8.39. The summed E-state index contributed by atoms with van der Waals surface area (Å²) in [6.45, 7) is 2.57.